The van der Waals surface area contributed by atoms with E-state index in [1.165, 1.54) is 0 Å². The van der Waals surface area contributed by atoms with Gasteiger partial charge in [0.25, 0.3) is 0 Å². The molecule has 1 aromatic carbocycles. The van der Waals surface area contributed by atoms with Crippen LogP contribution in [0.5, 0.6) is 11.6 Å². The third-order valence-corrected chi connectivity index (χ3v) is 2.91. The first kappa shape index (κ1) is 10.9. The number of rotatable bonds is 2. The average Bonchev–Trinajstić information content (AvgIpc) is 2.83. The number of aromatic nitrogens is 2. The molecule has 2 N–H and O–H groups in total. The molecule has 0 aliphatic rings. The summed E-state index contributed by atoms with van der Waals surface area (Å²) in [6, 6.07) is 10.8. The van der Waals surface area contributed by atoms with E-state index in [2.05, 4.69) is 4.98 Å². The molecular weight excluding hydrogens is 250 g/mol. The number of halogens is 1. The van der Waals surface area contributed by atoms with Gasteiger partial charge in [-0.1, -0.05) is 17.7 Å². The molecule has 5 heteroatoms. The predicted molar refractivity (Wildman–Crippen MR) is 71.1 cm³/mol. The van der Waals surface area contributed by atoms with Crippen molar-refractivity contribution >= 4 is 22.9 Å². The molecule has 0 atom stereocenters. The topological polar surface area (TPSA) is 52.5 Å². The standard InChI is InChI=1S/C13H10ClN3O/c14-10-8-9(4-5-11(10)15)18-13-3-1-2-12-16-6-7-17(12)13/h1-8H,15H2. The summed E-state index contributed by atoms with van der Waals surface area (Å²) in [7, 11) is 0. The molecule has 2 heterocycles. The van der Waals surface area contributed by atoms with Crippen LogP contribution >= 0.6 is 11.6 Å². The number of nitrogens with two attached hydrogens (primary N) is 1. The van der Waals surface area contributed by atoms with Crippen LogP contribution in [-0.4, -0.2) is 9.38 Å². The van der Waals surface area contributed by atoms with Crippen molar-refractivity contribution in [2.45, 2.75) is 0 Å². The van der Waals surface area contributed by atoms with Gasteiger partial charge in [-0.15, -0.1) is 0 Å². The summed E-state index contributed by atoms with van der Waals surface area (Å²) < 4.78 is 7.62. The highest BCUT2D eigenvalue weighted by Gasteiger charge is 2.04. The quantitative estimate of drug-likeness (QED) is 0.718. The van der Waals surface area contributed by atoms with Crippen molar-refractivity contribution in [3.63, 3.8) is 0 Å². The molecule has 0 saturated heterocycles. The fourth-order valence-electron chi connectivity index (χ4n) is 1.70. The molecule has 90 valence electrons. The molecule has 0 radical (unpaired) electrons. The summed E-state index contributed by atoms with van der Waals surface area (Å²) >= 11 is 5.95. The SMILES string of the molecule is Nc1ccc(Oc2cccc3nccn23)cc1Cl. The van der Waals surface area contributed by atoms with E-state index in [-0.39, 0.29) is 0 Å². The zero-order chi connectivity index (χ0) is 12.5. The number of anilines is 1. The summed E-state index contributed by atoms with van der Waals surface area (Å²) in [4.78, 5) is 4.19. The monoisotopic (exact) mass is 259 g/mol. The van der Waals surface area contributed by atoms with E-state index in [0.29, 0.717) is 22.3 Å². The predicted octanol–water partition coefficient (Wildman–Crippen LogP) is 3.36. The second kappa shape index (κ2) is 4.23. The molecule has 3 rings (SSSR count). The van der Waals surface area contributed by atoms with Crippen LogP contribution in [0, 0.1) is 0 Å². The lowest BCUT2D eigenvalue weighted by molar-refractivity contribution is 0.456. The van der Waals surface area contributed by atoms with Gasteiger partial charge in [0.1, 0.15) is 11.4 Å². The van der Waals surface area contributed by atoms with E-state index < -0.39 is 0 Å². The Morgan fingerprint density at radius 2 is 2.11 bits per heavy atom. The van der Waals surface area contributed by atoms with Crippen molar-refractivity contribution in [1.82, 2.24) is 9.38 Å². The average molecular weight is 260 g/mol. The summed E-state index contributed by atoms with van der Waals surface area (Å²) in [5, 5.41) is 0.477. The minimum Gasteiger partial charge on any atom is -0.440 e. The number of hydrogen-bond acceptors (Lipinski definition) is 3. The van der Waals surface area contributed by atoms with Crippen molar-refractivity contribution in [2.24, 2.45) is 0 Å². The molecule has 0 aliphatic carbocycles. The Balaban J connectivity index is 2.01. The van der Waals surface area contributed by atoms with Gasteiger partial charge in [-0.25, -0.2) is 4.98 Å². The normalized spacial score (nSPS) is 10.7. The maximum atomic E-state index is 5.95. The zero-order valence-corrected chi connectivity index (χ0v) is 10.1. The largest absolute Gasteiger partial charge is 0.440 e. The Bertz CT molecular complexity index is 708. The first-order chi connectivity index (χ1) is 8.74. The van der Waals surface area contributed by atoms with E-state index in [9.17, 15) is 0 Å². The Kier molecular flexibility index (Phi) is 2.57. The van der Waals surface area contributed by atoms with Crippen LogP contribution in [0.4, 0.5) is 5.69 Å². The molecule has 0 saturated carbocycles. The van der Waals surface area contributed by atoms with E-state index in [1.807, 2.05) is 28.8 Å². The fourth-order valence-corrected chi connectivity index (χ4v) is 1.87. The highest BCUT2D eigenvalue weighted by atomic mass is 35.5. The van der Waals surface area contributed by atoms with Crippen molar-refractivity contribution in [2.75, 3.05) is 5.73 Å². The molecule has 2 aromatic heterocycles. The smallest absolute Gasteiger partial charge is 0.205 e. The lowest BCUT2D eigenvalue weighted by Gasteiger charge is -2.08. The molecule has 0 fully saturated rings. The first-order valence-corrected chi connectivity index (χ1v) is 5.77. The van der Waals surface area contributed by atoms with Crippen LogP contribution < -0.4 is 10.5 Å². The minimum absolute atomic E-state index is 0.477. The summed E-state index contributed by atoms with van der Waals surface area (Å²) in [5.41, 5.74) is 7.01. The molecule has 3 aromatic rings. The number of nitrogen functional groups attached to an aromatic ring is 1. The molecule has 18 heavy (non-hydrogen) atoms. The third kappa shape index (κ3) is 1.87. The lowest BCUT2D eigenvalue weighted by atomic mass is 10.3. The van der Waals surface area contributed by atoms with E-state index in [4.69, 9.17) is 22.1 Å². The summed E-state index contributed by atoms with van der Waals surface area (Å²) in [5.74, 6) is 1.31. The van der Waals surface area contributed by atoms with Crippen LogP contribution in [0.3, 0.4) is 0 Å². The number of pyridine rings is 1. The number of imidazole rings is 1. The van der Waals surface area contributed by atoms with E-state index >= 15 is 0 Å². The molecule has 0 aliphatic heterocycles. The highest BCUT2D eigenvalue weighted by Crippen LogP contribution is 2.28. The second-order valence-electron chi connectivity index (χ2n) is 3.80. The number of ether oxygens (including phenoxy) is 1. The van der Waals surface area contributed by atoms with Crippen molar-refractivity contribution in [1.29, 1.82) is 0 Å². The fraction of sp³-hybridized carbons (Fsp3) is 0. The molecule has 0 bridgehead atoms. The van der Waals surface area contributed by atoms with Crippen molar-refractivity contribution in [3.8, 4) is 11.6 Å². The van der Waals surface area contributed by atoms with Crippen LogP contribution in [0.15, 0.2) is 48.8 Å². The van der Waals surface area contributed by atoms with Crippen LogP contribution in [-0.2, 0) is 0 Å². The molecule has 4 nitrogen and oxygen atoms in total. The Morgan fingerprint density at radius 3 is 2.94 bits per heavy atom. The van der Waals surface area contributed by atoms with Gasteiger partial charge < -0.3 is 10.5 Å². The maximum Gasteiger partial charge on any atom is 0.205 e. The molecular formula is C13H10ClN3O. The Morgan fingerprint density at radius 1 is 1.22 bits per heavy atom. The Labute approximate surface area is 109 Å². The molecule has 0 amide bonds. The number of benzene rings is 1. The van der Waals surface area contributed by atoms with Gasteiger partial charge in [0.2, 0.25) is 5.88 Å². The molecule has 0 spiro atoms. The van der Waals surface area contributed by atoms with Gasteiger partial charge in [-0.2, -0.15) is 0 Å². The van der Waals surface area contributed by atoms with Gasteiger partial charge in [0.05, 0.1) is 10.7 Å². The zero-order valence-electron chi connectivity index (χ0n) is 9.38. The van der Waals surface area contributed by atoms with Crippen LogP contribution in [0.2, 0.25) is 5.02 Å². The lowest BCUT2D eigenvalue weighted by Crippen LogP contribution is -1.93. The second-order valence-corrected chi connectivity index (χ2v) is 4.21. The van der Waals surface area contributed by atoms with Gasteiger partial charge >= 0.3 is 0 Å². The third-order valence-electron chi connectivity index (χ3n) is 2.59. The maximum absolute atomic E-state index is 5.95. The van der Waals surface area contributed by atoms with Crippen molar-refractivity contribution in [3.05, 3.63) is 53.8 Å². The van der Waals surface area contributed by atoms with Gasteiger partial charge in [0, 0.05) is 18.5 Å². The van der Waals surface area contributed by atoms with E-state index in [1.54, 1.807) is 24.4 Å². The number of fused-ring (bicyclic) bond motifs is 1. The first-order valence-electron chi connectivity index (χ1n) is 5.39. The van der Waals surface area contributed by atoms with Crippen molar-refractivity contribution < 1.29 is 4.74 Å². The van der Waals surface area contributed by atoms with E-state index in [0.717, 1.165) is 5.65 Å². The minimum atomic E-state index is 0.477. The summed E-state index contributed by atoms with van der Waals surface area (Å²) in [6.45, 7) is 0. The Hall–Kier alpha value is -2.20. The van der Waals surface area contributed by atoms with Gasteiger partial charge in [-0.3, -0.25) is 4.40 Å². The highest BCUT2D eigenvalue weighted by molar-refractivity contribution is 6.33. The summed E-state index contributed by atoms with van der Waals surface area (Å²) in [6.07, 6.45) is 3.56. The van der Waals surface area contributed by atoms with Crippen LogP contribution in [0.25, 0.3) is 5.65 Å². The van der Waals surface area contributed by atoms with Crippen LogP contribution in [0.1, 0.15) is 0 Å². The number of nitrogens with zero attached hydrogens (tertiary/aromatic N) is 2. The van der Waals surface area contributed by atoms with Gasteiger partial charge in [-0.05, 0) is 24.3 Å². The van der Waals surface area contributed by atoms with Gasteiger partial charge in [0.15, 0.2) is 0 Å². The number of hydrogen-bond donors (Lipinski definition) is 1. The molecule has 0 unspecified atom stereocenters.